The lowest BCUT2D eigenvalue weighted by molar-refractivity contribution is 0.243. The summed E-state index contributed by atoms with van der Waals surface area (Å²) in [6.45, 7) is 5.83. The maximum absolute atomic E-state index is 14.1. The molecule has 0 saturated carbocycles. The van der Waals surface area contributed by atoms with Crippen LogP contribution in [0.2, 0.25) is 5.02 Å². The van der Waals surface area contributed by atoms with Gasteiger partial charge in [-0.3, -0.25) is 4.90 Å². The smallest absolute Gasteiger partial charge is 0.225 e. The number of nitrogens with zero attached hydrogens (tertiary/aromatic N) is 5. The van der Waals surface area contributed by atoms with Crippen LogP contribution in [0.3, 0.4) is 0 Å². The SMILES string of the molecule is Fc1ccccc1N1CCN(c2ncc3c(n2)CCN(Cc2ccc(Cl)cc2)C3)CC1. The van der Waals surface area contributed by atoms with E-state index in [4.69, 9.17) is 16.6 Å². The molecule has 0 atom stereocenters. The van der Waals surface area contributed by atoms with Gasteiger partial charge in [-0.2, -0.15) is 0 Å². The number of anilines is 2. The van der Waals surface area contributed by atoms with Gasteiger partial charge in [0.1, 0.15) is 5.82 Å². The predicted molar refractivity (Wildman–Crippen MR) is 122 cm³/mol. The van der Waals surface area contributed by atoms with Gasteiger partial charge in [0, 0.05) is 69.0 Å². The topological polar surface area (TPSA) is 35.5 Å². The van der Waals surface area contributed by atoms with E-state index in [1.54, 1.807) is 6.07 Å². The van der Waals surface area contributed by atoms with Crippen molar-refractivity contribution >= 4 is 23.2 Å². The summed E-state index contributed by atoms with van der Waals surface area (Å²) in [5.74, 6) is 0.627. The minimum Gasteiger partial charge on any atom is -0.366 e. The molecule has 0 amide bonds. The molecular formula is C24H25ClFN5. The van der Waals surface area contributed by atoms with Crippen LogP contribution in [0.5, 0.6) is 0 Å². The number of hydrogen-bond donors (Lipinski definition) is 0. The Hall–Kier alpha value is -2.70. The molecule has 0 spiro atoms. The van der Waals surface area contributed by atoms with Gasteiger partial charge in [0.05, 0.1) is 11.4 Å². The zero-order valence-corrected chi connectivity index (χ0v) is 18.1. The third-order valence-electron chi connectivity index (χ3n) is 6.08. The highest BCUT2D eigenvalue weighted by atomic mass is 35.5. The average molecular weight is 438 g/mol. The van der Waals surface area contributed by atoms with Crippen molar-refractivity contribution in [2.45, 2.75) is 19.5 Å². The van der Waals surface area contributed by atoms with Crippen molar-refractivity contribution < 1.29 is 4.39 Å². The number of para-hydroxylation sites is 1. The van der Waals surface area contributed by atoms with Crippen LogP contribution < -0.4 is 9.80 Å². The fourth-order valence-electron chi connectivity index (χ4n) is 4.35. The quantitative estimate of drug-likeness (QED) is 0.612. The van der Waals surface area contributed by atoms with Gasteiger partial charge in [0.25, 0.3) is 0 Å². The highest BCUT2D eigenvalue weighted by molar-refractivity contribution is 6.30. The first kappa shape index (κ1) is 20.2. The summed E-state index contributed by atoms with van der Waals surface area (Å²) in [5, 5.41) is 0.767. The number of piperazine rings is 1. The van der Waals surface area contributed by atoms with Crippen LogP contribution in [0.25, 0.3) is 0 Å². The summed E-state index contributed by atoms with van der Waals surface area (Å²) in [4.78, 5) is 16.3. The molecule has 0 radical (unpaired) electrons. The molecule has 2 aromatic carbocycles. The van der Waals surface area contributed by atoms with Gasteiger partial charge < -0.3 is 9.80 Å². The molecular weight excluding hydrogens is 413 g/mol. The Balaban J connectivity index is 1.21. The van der Waals surface area contributed by atoms with Crippen molar-refractivity contribution in [1.29, 1.82) is 0 Å². The van der Waals surface area contributed by atoms with E-state index in [0.717, 1.165) is 68.9 Å². The zero-order chi connectivity index (χ0) is 21.2. The highest BCUT2D eigenvalue weighted by Gasteiger charge is 2.23. The van der Waals surface area contributed by atoms with Crippen LogP contribution in [0.15, 0.2) is 54.7 Å². The number of rotatable bonds is 4. The van der Waals surface area contributed by atoms with E-state index in [-0.39, 0.29) is 5.82 Å². The minimum atomic E-state index is -0.163. The molecule has 0 bridgehead atoms. The van der Waals surface area contributed by atoms with Gasteiger partial charge in [-0.25, -0.2) is 14.4 Å². The van der Waals surface area contributed by atoms with Crippen LogP contribution in [0, 0.1) is 5.82 Å². The Morgan fingerprint density at radius 1 is 0.903 bits per heavy atom. The largest absolute Gasteiger partial charge is 0.366 e. The fourth-order valence-corrected chi connectivity index (χ4v) is 4.48. The Labute approximate surface area is 187 Å². The maximum atomic E-state index is 14.1. The van der Waals surface area contributed by atoms with E-state index in [1.165, 1.54) is 17.2 Å². The second kappa shape index (κ2) is 8.81. The van der Waals surface area contributed by atoms with Crippen LogP contribution in [0.1, 0.15) is 16.8 Å². The van der Waals surface area contributed by atoms with Gasteiger partial charge in [-0.1, -0.05) is 35.9 Å². The summed E-state index contributed by atoms with van der Waals surface area (Å²) < 4.78 is 14.1. The Bertz CT molecular complexity index is 1050. The lowest BCUT2D eigenvalue weighted by Gasteiger charge is -2.36. The third kappa shape index (κ3) is 4.50. The van der Waals surface area contributed by atoms with E-state index in [1.807, 2.05) is 30.5 Å². The molecule has 7 heteroatoms. The Morgan fingerprint density at radius 3 is 2.42 bits per heavy atom. The number of halogens is 2. The summed E-state index contributed by atoms with van der Waals surface area (Å²) in [6.07, 6.45) is 2.91. The van der Waals surface area contributed by atoms with Gasteiger partial charge in [-0.15, -0.1) is 0 Å². The van der Waals surface area contributed by atoms with Gasteiger partial charge in [0.2, 0.25) is 5.95 Å². The molecule has 0 N–H and O–H groups in total. The van der Waals surface area contributed by atoms with E-state index in [0.29, 0.717) is 5.69 Å². The van der Waals surface area contributed by atoms with Crippen LogP contribution in [-0.4, -0.2) is 47.6 Å². The normalized spacial score (nSPS) is 17.0. The molecule has 5 nitrogen and oxygen atoms in total. The molecule has 5 rings (SSSR count). The standard InChI is InChI=1S/C24H25ClFN5/c25-20-7-5-18(6-8-20)16-29-10-9-22-19(17-29)15-27-24(28-22)31-13-11-30(12-14-31)23-4-2-1-3-21(23)26/h1-8,15H,9-14,16-17H2. The molecule has 1 saturated heterocycles. The van der Waals surface area contributed by atoms with Crippen molar-refractivity contribution in [1.82, 2.24) is 14.9 Å². The molecule has 2 aliphatic rings. The van der Waals surface area contributed by atoms with Crippen LogP contribution >= 0.6 is 11.6 Å². The average Bonchev–Trinajstić information content (AvgIpc) is 2.81. The van der Waals surface area contributed by atoms with Gasteiger partial charge in [0.15, 0.2) is 0 Å². The zero-order valence-electron chi connectivity index (χ0n) is 17.3. The molecule has 1 aromatic heterocycles. The molecule has 160 valence electrons. The number of hydrogen-bond acceptors (Lipinski definition) is 5. The molecule has 0 aliphatic carbocycles. The van der Waals surface area contributed by atoms with E-state index < -0.39 is 0 Å². The lowest BCUT2D eigenvalue weighted by Crippen LogP contribution is -2.47. The highest BCUT2D eigenvalue weighted by Crippen LogP contribution is 2.24. The second-order valence-corrected chi connectivity index (χ2v) is 8.59. The number of benzene rings is 2. The van der Waals surface area contributed by atoms with Gasteiger partial charge in [-0.05, 0) is 29.8 Å². The summed E-state index contributed by atoms with van der Waals surface area (Å²) in [7, 11) is 0. The Kier molecular flexibility index (Phi) is 5.74. The van der Waals surface area contributed by atoms with Crippen molar-refractivity contribution in [3.05, 3.63) is 82.4 Å². The number of fused-ring (bicyclic) bond motifs is 1. The number of aromatic nitrogens is 2. The predicted octanol–water partition coefficient (Wildman–Crippen LogP) is 4.15. The van der Waals surface area contributed by atoms with Gasteiger partial charge >= 0.3 is 0 Å². The molecule has 3 heterocycles. The minimum absolute atomic E-state index is 0.163. The molecule has 3 aromatic rings. The maximum Gasteiger partial charge on any atom is 0.225 e. The van der Waals surface area contributed by atoms with E-state index in [9.17, 15) is 4.39 Å². The van der Waals surface area contributed by atoms with Crippen LogP contribution in [0.4, 0.5) is 16.0 Å². The first-order valence-corrected chi connectivity index (χ1v) is 11.1. The monoisotopic (exact) mass is 437 g/mol. The molecule has 0 unspecified atom stereocenters. The van der Waals surface area contributed by atoms with Crippen molar-refractivity contribution in [2.75, 3.05) is 42.5 Å². The van der Waals surface area contributed by atoms with E-state index in [2.05, 4.69) is 31.8 Å². The van der Waals surface area contributed by atoms with Crippen LogP contribution in [-0.2, 0) is 19.5 Å². The summed E-state index contributed by atoms with van der Waals surface area (Å²) >= 11 is 5.99. The van der Waals surface area contributed by atoms with Crippen molar-refractivity contribution in [2.24, 2.45) is 0 Å². The first-order chi connectivity index (χ1) is 15.2. The van der Waals surface area contributed by atoms with E-state index >= 15 is 0 Å². The first-order valence-electron chi connectivity index (χ1n) is 10.7. The summed E-state index contributed by atoms with van der Waals surface area (Å²) in [6, 6.07) is 15.0. The second-order valence-electron chi connectivity index (χ2n) is 8.15. The molecule has 2 aliphatic heterocycles. The van der Waals surface area contributed by atoms with Crippen molar-refractivity contribution in [3.8, 4) is 0 Å². The van der Waals surface area contributed by atoms with Crippen molar-refractivity contribution in [3.63, 3.8) is 0 Å². The lowest BCUT2D eigenvalue weighted by atomic mass is 10.1. The summed E-state index contributed by atoms with van der Waals surface area (Å²) in [5.41, 5.74) is 4.29. The fraction of sp³-hybridized carbons (Fsp3) is 0.333. The Morgan fingerprint density at radius 2 is 1.65 bits per heavy atom. The molecule has 1 fully saturated rings. The third-order valence-corrected chi connectivity index (χ3v) is 6.33. The molecule has 31 heavy (non-hydrogen) atoms.